The molecule has 0 amide bonds. The lowest BCUT2D eigenvalue weighted by Gasteiger charge is -2.34. The molecule has 0 aromatic carbocycles. The number of rotatable bonds is 7. The van der Waals surface area contributed by atoms with E-state index < -0.39 is 0 Å². The first kappa shape index (κ1) is 15.7. The Morgan fingerprint density at radius 1 is 1.32 bits per heavy atom. The Morgan fingerprint density at radius 2 is 1.95 bits per heavy atom. The molecule has 0 atom stereocenters. The van der Waals surface area contributed by atoms with Crippen molar-refractivity contribution in [1.82, 2.24) is 9.97 Å². The van der Waals surface area contributed by atoms with Crippen molar-refractivity contribution in [2.45, 2.75) is 53.5 Å². The number of hydrogen-bond donors (Lipinski definition) is 2. The number of nitrogen functional groups attached to an aromatic ring is 1. The highest BCUT2D eigenvalue weighted by Gasteiger charge is 2.20. The molecule has 1 aromatic rings. The summed E-state index contributed by atoms with van der Waals surface area (Å²) in [4.78, 5) is 11.1. The highest BCUT2D eigenvalue weighted by molar-refractivity contribution is 5.49. The number of aryl methyl sites for hydroxylation is 1. The third kappa shape index (κ3) is 4.06. The Balaban J connectivity index is 3.15. The van der Waals surface area contributed by atoms with Gasteiger partial charge in [0.2, 0.25) is 5.95 Å². The lowest BCUT2D eigenvalue weighted by Crippen LogP contribution is -2.38. The average molecular weight is 265 g/mol. The molecule has 0 aliphatic heterocycles. The molecule has 3 N–H and O–H groups in total. The number of hydrogen-bond acceptors (Lipinski definition) is 5. The van der Waals surface area contributed by atoms with Crippen molar-refractivity contribution in [1.29, 1.82) is 0 Å². The maximum atomic E-state index is 5.42. The van der Waals surface area contributed by atoms with E-state index in [0.717, 1.165) is 30.8 Å². The van der Waals surface area contributed by atoms with Crippen LogP contribution in [0.2, 0.25) is 0 Å². The lowest BCUT2D eigenvalue weighted by atomic mass is 10.1. The quantitative estimate of drug-likeness (QED) is 0.586. The van der Waals surface area contributed by atoms with Crippen LogP contribution in [0.3, 0.4) is 0 Å². The standard InChI is InChI=1S/C14H27N5/c1-6-12(7-2)19(9-10(3)4)13-11(5)8-16-14(17-13)18-15/h8,10,12H,6-7,9,15H2,1-5H3,(H,16,17,18). The Bertz CT molecular complexity index is 387. The predicted octanol–water partition coefficient (Wildman–Crippen LogP) is 2.72. The summed E-state index contributed by atoms with van der Waals surface area (Å²) in [6.45, 7) is 11.9. The third-order valence-electron chi connectivity index (χ3n) is 3.29. The number of anilines is 2. The average Bonchev–Trinajstić information content (AvgIpc) is 2.39. The minimum absolute atomic E-state index is 0.473. The molecule has 1 heterocycles. The van der Waals surface area contributed by atoms with Crippen LogP contribution in [0.4, 0.5) is 11.8 Å². The van der Waals surface area contributed by atoms with Gasteiger partial charge in [0.15, 0.2) is 0 Å². The van der Waals surface area contributed by atoms with E-state index in [0.29, 0.717) is 17.9 Å². The highest BCUT2D eigenvalue weighted by atomic mass is 15.3. The zero-order valence-corrected chi connectivity index (χ0v) is 12.8. The normalized spacial score (nSPS) is 11.2. The molecule has 0 spiro atoms. The first-order chi connectivity index (χ1) is 9.03. The molecule has 0 saturated heterocycles. The molecule has 0 fully saturated rings. The van der Waals surface area contributed by atoms with Gasteiger partial charge in [0, 0.05) is 24.3 Å². The van der Waals surface area contributed by atoms with E-state index in [-0.39, 0.29) is 0 Å². The van der Waals surface area contributed by atoms with E-state index in [2.05, 4.69) is 48.0 Å². The van der Waals surface area contributed by atoms with Gasteiger partial charge in [-0.1, -0.05) is 27.7 Å². The van der Waals surface area contributed by atoms with Gasteiger partial charge in [-0.15, -0.1) is 0 Å². The van der Waals surface area contributed by atoms with Gasteiger partial charge < -0.3 is 4.90 Å². The molecule has 0 aliphatic rings. The molecule has 5 nitrogen and oxygen atoms in total. The molecule has 0 bridgehead atoms. The van der Waals surface area contributed by atoms with Crippen molar-refractivity contribution >= 4 is 11.8 Å². The van der Waals surface area contributed by atoms with Crippen LogP contribution in [-0.4, -0.2) is 22.6 Å². The summed E-state index contributed by atoms with van der Waals surface area (Å²) in [5.74, 6) is 7.47. The van der Waals surface area contributed by atoms with E-state index in [9.17, 15) is 0 Å². The molecule has 1 aromatic heterocycles. The van der Waals surface area contributed by atoms with Crippen LogP contribution >= 0.6 is 0 Å². The van der Waals surface area contributed by atoms with Gasteiger partial charge in [0.25, 0.3) is 0 Å². The number of aromatic nitrogens is 2. The Hall–Kier alpha value is -1.36. The van der Waals surface area contributed by atoms with Crippen molar-refractivity contribution in [3.05, 3.63) is 11.8 Å². The second-order valence-electron chi connectivity index (χ2n) is 5.36. The van der Waals surface area contributed by atoms with Gasteiger partial charge in [-0.2, -0.15) is 4.98 Å². The second-order valence-corrected chi connectivity index (χ2v) is 5.36. The van der Waals surface area contributed by atoms with Crippen LogP contribution in [-0.2, 0) is 0 Å². The molecule has 1 rings (SSSR count). The summed E-state index contributed by atoms with van der Waals surface area (Å²) in [6, 6.07) is 0.502. The molecule has 0 unspecified atom stereocenters. The summed E-state index contributed by atoms with van der Waals surface area (Å²) in [6.07, 6.45) is 4.04. The first-order valence-electron chi connectivity index (χ1n) is 7.10. The van der Waals surface area contributed by atoms with Gasteiger partial charge >= 0.3 is 0 Å². The van der Waals surface area contributed by atoms with E-state index >= 15 is 0 Å². The Labute approximate surface area is 116 Å². The number of nitrogens with two attached hydrogens (primary N) is 1. The van der Waals surface area contributed by atoms with Crippen molar-refractivity contribution < 1.29 is 0 Å². The van der Waals surface area contributed by atoms with Crippen molar-refractivity contribution in [3.8, 4) is 0 Å². The summed E-state index contributed by atoms with van der Waals surface area (Å²) in [5, 5.41) is 0. The maximum Gasteiger partial charge on any atom is 0.239 e. The summed E-state index contributed by atoms with van der Waals surface area (Å²) >= 11 is 0. The van der Waals surface area contributed by atoms with E-state index in [4.69, 9.17) is 5.84 Å². The molecular formula is C14H27N5. The Kier molecular flexibility index (Phi) is 6.02. The number of nitrogens with one attached hydrogen (secondary N) is 1. The smallest absolute Gasteiger partial charge is 0.239 e. The molecule has 108 valence electrons. The van der Waals surface area contributed by atoms with Crippen molar-refractivity contribution in [2.75, 3.05) is 16.9 Å². The van der Waals surface area contributed by atoms with Crippen molar-refractivity contribution in [2.24, 2.45) is 11.8 Å². The molecule has 0 radical (unpaired) electrons. The summed E-state index contributed by atoms with van der Waals surface area (Å²) in [7, 11) is 0. The van der Waals surface area contributed by atoms with E-state index in [1.807, 2.05) is 13.1 Å². The fourth-order valence-corrected chi connectivity index (χ4v) is 2.32. The monoisotopic (exact) mass is 265 g/mol. The summed E-state index contributed by atoms with van der Waals surface area (Å²) in [5.41, 5.74) is 3.62. The zero-order chi connectivity index (χ0) is 14.4. The van der Waals surface area contributed by atoms with Gasteiger partial charge in [0.05, 0.1) is 0 Å². The summed E-state index contributed by atoms with van der Waals surface area (Å²) < 4.78 is 0. The zero-order valence-electron chi connectivity index (χ0n) is 12.8. The van der Waals surface area contributed by atoms with Gasteiger partial charge in [0.1, 0.15) is 5.82 Å². The van der Waals surface area contributed by atoms with Crippen LogP contribution < -0.4 is 16.2 Å². The topological polar surface area (TPSA) is 67.1 Å². The fraction of sp³-hybridized carbons (Fsp3) is 0.714. The first-order valence-corrected chi connectivity index (χ1v) is 7.10. The molecular weight excluding hydrogens is 238 g/mol. The SMILES string of the molecule is CCC(CC)N(CC(C)C)c1nc(NN)ncc1C. The van der Waals surface area contributed by atoms with Gasteiger partial charge in [-0.25, -0.2) is 10.8 Å². The minimum Gasteiger partial charge on any atom is -0.353 e. The van der Waals surface area contributed by atoms with E-state index in [1.165, 1.54) is 0 Å². The number of hydrazine groups is 1. The molecule has 5 heteroatoms. The predicted molar refractivity (Wildman–Crippen MR) is 81.1 cm³/mol. The minimum atomic E-state index is 0.473. The van der Waals surface area contributed by atoms with Crippen LogP contribution in [0.25, 0.3) is 0 Å². The van der Waals surface area contributed by atoms with Gasteiger partial charge in [-0.3, -0.25) is 5.43 Å². The second kappa shape index (κ2) is 7.28. The van der Waals surface area contributed by atoms with Crippen molar-refractivity contribution in [3.63, 3.8) is 0 Å². The molecule has 0 aliphatic carbocycles. The van der Waals surface area contributed by atoms with Crippen LogP contribution in [0.15, 0.2) is 6.20 Å². The lowest BCUT2D eigenvalue weighted by molar-refractivity contribution is 0.502. The number of nitrogens with zero attached hydrogens (tertiary/aromatic N) is 3. The maximum absolute atomic E-state index is 5.42. The molecule has 19 heavy (non-hydrogen) atoms. The molecule has 0 saturated carbocycles. The highest BCUT2D eigenvalue weighted by Crippen LogP contribution is 2.24. The Morgan fingerprint density at radius 3 is 2.42 bits per heavy atom. The van der Waals surface area contributed by atoms with Crippen LogP contribution in [0, 0.1) is 12.8 Å². The van der Waals surface area contributed by atoms with Crippen LogP contribution in [0.5, 0.6) is 0 Å². The van der Waals surface area contributed by atoms with Crippen LogP contribution in [0.1, 0.15) is 46.1 Å². The van der Waals surface area contributed by atoms with E-state index in [1.54, 1.807) is 0 Å². The fourth-order valence-electron chi connectivity index (χ4n) is 2.32. The largest absolute Gasteiger partial charge is 0.353 e. The van der Waals surface area contributed by atoms with Gasteiger partial charge in [-0.05, 0) is 25.7 Å². The third-order valence-corrected chi connectivity index (χ3v) is 3.29.